The Bertz CT molecular complexity index is 1200. The summed E-state index contributed by atoms with van der Waals surface area (Å²) in [4.78, 5) is 36.9. The van der Waals surface area contributed by atoms with Gasteiger partial charge in [0.15, 0.2) is 0 Å². The molecule has 1 saturated heterocycles. The first kappa shape index (κ1) is 21.7. The number of para-hydroxylation sites is 1. The van der Waals surface area contributed by atoms with Crippen molar-refractivity contribution in [3.05, 3.63) is 95.9 Å². The van der Waals surface area contributed by atoms with Crippen LogP contribution < -0.4 is 9.64 Å². The molecule has 1 fully saturated rings. The van der Waals surface area contributed by atoms with Gasteiger partial charge in [0.05, 0.1) is 19.2 Å². The lowest BCUT2D eigenvalue weighted by molar-refractivity contribution is -0.138. The predicted molar refractivity (Wildman–Crippen MR) is 130 cm³/mol. The number of piperazine rings is 1. The summed E-state index contributed by atoms with van der Waals surface area (Å²) in [6, 6.07) is 21.2. The van der Waals surface area contributed by atoms with E-state index < -0.39 is 0 Å². The molecule has 3 aromatic rings. The first-order chi connectivity index (χ1) is 16.7. The van der Waals surface area contributed by atoms with E-state index in [1.807, 2.05) is 54.6 Å². The molecule has 0 bridgehead atoms. The van der Waals surface area contributed by atoms with Crippen molar-refractivity contribution in [3.63, 3.8) is 0 Å². The van der Waals surface area contributed by atoms with Crippen molar-refractivity contribution in [2.45, 2.75) is 6.54 Å². The van der Waals surface area contributed by atoms with Crippen molar-refractivity contribution in [1.29, 1.82) is 0 Å². The minimum atomic E-state index is -0.271. The van der Waals surface area contributed by atoms with Gasteiger partial charge in [0.2, 0.25) is 0 Å². The third-order valence-corrected chi connectivity index (χ3v) is 6.33. The highest BCUT2D eigenvalue weighted by Crippen LogP contribution is 2.34. The summed E-state index contributed by atoms with van der Waals surface area (Å²) >= 11 is 0. The molecule has 2 aromatic carbocycles. The Kier molecular flexibility index (Phi) is 5.99. The average molecular weight is 455 g/mol. The molecule has 2 aliphatic heterocycles. The molecule has 3 heterocycles. The van der Waals surface area contributed by atoms with E-state index in [-0.39, 0.29) is 18.4 Å². The van der Waals surface area contributed by atoms with E-state index in [2.05, 4.69) is 26.9 Å². The Morgan fingerprint density at radius 3 is 2.09 bits per heavy atom. The summed E-state index contributed by atoms with van der Waals surface area (Å²) < 4.78 is 5.28. The van der Waals surface area contributed by atoms with Crippen LogP contribution in [0.1, 0.15) is 11.1 Å². The number of pyridine rings is 1. The number of hydrogen-bond acceptors (Lipinski definition) is 6. The van der Waals surface area contributed by atoms with E-state index in [1.54, 1.807) is 19.5 Å². The molecule has 2 aliphatic rings. The Balaban J connectivity index is 1.45. The topological polar surface area (TPSA) is 66.0 Å². The first-order valence-corrected chi connectivity index (χ1v) is 11.3. The second-order valence-corrected chi connectivity index (χ2v) is 8.31. The largest absolute Gasteiger partial charge is 0.497 e. The number of hydrogen-bond donors (Lipinski definition) is 0. The lowest BCUT2D eigenvalue weighted by Gasteiger charge is -2.37. The van der Waals surface area contributed by atoms with Crippen LogP contribution in [0.25, 0.3) is 5.57 Å². The Morgan fingerprint density at radius 2 is 1.44 bits per heavy atom. The lowest BCUT2D eigenvalue weighted by Crippen LogP contribution is -2.47. The molecule has 0 saturated carbocycles. The van der Waals surface area contributed by atoms with Crippen molar-refractivity contribution >= 4 is 23.1 Å². The van der Waals surface area contributed by atoms with Gasteiger partial charge < -0.3 is 14.5 Å². The highest BCUT2D eigenvalue weighted by molar-refractivity contribution is 6.35. The normalized spacial score (nSPS) is 16.4. The van der Waals surface area contributed by atoms with Crippen LogP contribution in [0.15, 0.2) is 84.8 Å². The van der Waals surface area contributed by atoms with Crippen LogP contribution >= 0.6 is 0 Å². The SMILES string of the molecule is COc1ccc(C2=C(N3CCN(c4ccccc4)CC3)C(=O)N(Cc3ccncc3)C2=O)cc1. The van der Waals surface area contributed by atoms with Gasteiger partial charge in [-0.3, -0.25) is 19.5 Å². The van der Waals surface area contributed by atoms with Gasteiger partial charge in [0, 0.05) is 44.3 Å². The van der Waals surface area contributed by atoms with Gasteiger partial charge in [-0.25, -0.2) is 0 Å². The number of methoxy groups -OCH3 is 1. The Labute approximate surface area is 198 Å². The van der Waals surface area contributed by atoms with Crippen molar-refractivity contribution in [1.82, 2.24) is 14.8 Å². The molecule has 0 unspecified atom stereocenters. The van der Waals surface area contributed by atoms with Crippen LogP contribution in [0.4, 0.5) is 5.69 Å². The molecule has 5 rings (SSSR count). The van der Waals surface area contributed by atoms with Crippen LogP contribution in [-0.4, -0.2) is 59.9 Å². The summed E-state index contributed by atoms with van der Waals surface area (Å²) in [6.45, 7) is 3.08. The summed E-state index contributed by atoms with van der Waals surface area (Å²) in [5.74, 6) is 0.182. The first-order valence-electron chi connectivity index (χ1n) is 11.3. The fourth-order valence-corrected chi connectivity index (χ4v) is 4.52. The molecule has 0 radical (unpaired) electrons. The Morgan fingerprint density at radius 1 is 0.794 bits per heavy atom. The van der Waals surface area contributed by atoms with Gasteiger partial charge in [-0.05, 0) is 47.5 Å². The standard InChI is InChI=1S/C27H26N4O3/c1-34-23-9-7-21(8-10-23)24-25(27(33)31(26(24)32)19-20-11-13-28-14-12-20)30-17-15-29(16-18-30)22-5-3-2-4-6-22/h2-14H,15-19H2,1H3. The van der Waals surface area contributed by atoms with Crippen LogP contribution in [0.2, 0.25) is 0 Å². The van der Waals surface area contributed by atoms with Crippen molar-refractivity contribution in [2.24, 2.45) is 0 Å². The highest BCUT2D eigenvalue weighted by atomic mass is 16.5. The Hall–Kier alpha value is -4.13. The van der Waals surface area contributed by atoms with Gasteiger partial charge >= 0.3 is 0 Å². The van der Waals surface area contributed by atoms with Crippen LogP contribution in [-0.2, 0) is 16.1 Å². The second-order valence-electron chi connectivity index (χ2n) is 8.31. The summed E-state index contributed by atoms with van der Waals surface area (Å²) in [7, 11) is 1.60. The highest BCUT2D eigenvalue weighted by Gasteiger charge is 2.42. The number of carbonyl (C=O) groups excluding carboxylic acids is 2. The molecule has 2 amide bonds. The number of rotatable bonds is 6. The number of aromatic nitrogens is 1. The number of nitrogens with zero attached hydrogens (tertiary/aromatic N) is 4. The van der Waals surface area contributed by atoms with E-state index >= 15 is 0 Å². The van der Waals surface area contributed by atoms with Crippen molar-refractivity contribution in [3.8, 4) is 5.75 Å². The summed E-state index contributed by atoms with van der Waals surface area (Å²) in [5.41, 5.74) is 3.68. The fourth-order valence-electron chi connectivity index (χ4n) is 4.52. The molecule has 0 atom stereocenters. The summed E-state index contributed by atoms with van der Waals surface area (Å²) in [6.07, 6.45) is 3.34. The lowest BCUT2D eigenvalue weighted by atomic mass is 10.0. The van der Waals surface area contributed by atoms with E-state index in [9.17, 15) is 9.59 Å². The van der Waals surface area contributed by atoms with Crippen LogP contribution in [0, 0.1) is 0 Å². The zero-order valence-electron chi connectivity index (χ0n) is 19.1. The molecular weight excluding hydrogens is 428 g/mol. The van der Waals surface area contributed by atoms with Crippen LogP contribution in [0.5, 0.6) is 5.75 Å². The molecule has 0 spiro atoms. The maximum absolute atomic E-state index is 13.6. The van der Waals surface area contributed by atoms with E-state index in [0.717, 1.165) is 24.2 Å². The van der Waals surface area contributed by atoms with Crippen molar-refractivity contribution < 1.29 is 14.3 Å². The molecule has 7 heteroatoms. The van der Waals surface area contributed by atoms with Gasteiger partial charge in [-0.2, -0.15) is 0 Å². The quantitative estimate of drug-likeness (QED) is 0.533. The third kappa shape index (κ3) is 4.12. The minimum absolute atomic E-state index is 0.216. The number of ether oxygens (including phenoxy) is 1. The number of imide groups is 1. The average Bonchev–Trinajstić information content (AvgIpc) is 3.15. The monoisotopic (exact) mass is 454 g/mol. The summed E-state index contributed by atoms with van der Waals surface area (Å²) in [5, 5.41) is 0. The minimum Gasteiger partial charge on any atom is -0.497 e. The number of anilines is 1. The van der Waals surface area contributed by atoms with E-state index in [1.165, 1.54) is 10.6 Å². The maximum Gasteiger partial charge on any atom is 0.278 e. The number of benzene rings is 2. The molecule has 172 valence electrons. The molecule has 1 aromatic heterocycles. The number of amides is 2. The zero-order chi connectivity index (χ0) is 23.5. The van der Waals surface area contributed by atoms with Gasteiger partial charge in [0.1, 0.15) is 11.4 Å². The van der Waals surface area contributed by atoms with Crippen LogP contribution in [0.3, 0.4) is 0 Å². The van der Waals surface area contributed by atoms with Gasteiger partial charge in [-0.15, -0.1) is 0 Å². The molecule has 0 N–H and O–H groups in total. The van der Waals surface area contributed by atoms with Crippen molar-refractivity contribution in [2.75, 3.05) is 38.2 Å². The molecule has 0 aliphatic carbocycles. The second kappa shape index (κ2) is 9.39. The fraction of sp³-hybridized carbons (Fsp3) is 0.222. The predicted octanol–water partition coefficient (Wildman–Crippen LogP) is 3.19. The number of carbonyl (C=O) groups is 2. The smallest absolute Gasteiger partial charge is 0.278 e. The zero-order valence-corrected chi connectivity index (χ0v) is 19.1. The maximum atomic E-state index is 13.6. The van der Waals surface area contributed by atoms with Gasteiger partial charge in [-0.1, -0.05) is 30.3 Å². The molecular formula is C27H26N4O3. The van der Waals surface area contributed by atoms with E-state index in [0.29, 0.717) is 30.1 Å². The third-order valence-electron chi connectivity index (χ3n) is 6.33. The van der Waals surface area contributed by atoms with Gasteiger partial charge in [0.25, 0.3) is 11.8 Å². The molecule has 7 nitrogen and oxygen atoms in total. The molecule has 34 heavy (non-hydrogen) atoms. The van der Waals surface area contributed by atoms with E-state index in [4.69, 9.17) is 4.74 Å².